The number of esters is 1. The van der Waals surface area contributed by atoms with Crippen LogP contribution in [0.3, 0.4) is 0 Å². The summed E-state index contributed by atoms with van der Waals surface area (Å²) in [4.78, 5) is 11.1. The molecular weight excluding hydrogens is 344 g/mol. The molecule has 5 atom stereocenters. The van der Waals surface area contributed by atoms with Gasteiger partial charge in [-0.2, -0.15) is 0 Å². The number of ether oxygens (including phenoxy) is 2. The van der Waals surface area contributed by atoms with Gasteiger partial charge in [-0.15, -0.1) is 0 Å². The first kappa shape index (κ1) is 20.3. The normalized spacial score (nSPS) is 31.9. The first-order valence-electron chi connectivity index (χ1n) is 10.1. The molecule has 0 bridgehead atoms. The molecule has 0 unspecified atom stereocenters. The predicted molar refractivity (Wildman–Crippen MR) is 103 cm³/mol. The summed E-state index contributed by atoms with van der Waals surface area (Å²) < 4.78 is 9.92. The monoisotopic (exact) mass is 376 g/mol. The minimum absolute atomic E-state index is 0.0485. The fourth-order valence-corrected chi connectivity index (χ4v) is 4.87. The van der Waals surface area contributed by atoms with E-state index in [1.165, 1.54) is 20.0 Å². The summed E-state index contributed by atoms with van der Waals surface area (Å²) in [6.45, 7) is 4.33. The lowest BCUT2D eigenvalue weighted by atomic mass is 9.90. The van der Waals surface area contributed by atoms with Gasteiger partial charge in [0.05, 0.1) is 25.9 Å². The van der Waals surface area contributed by atoms with E-state index in [1.807, 2.05) is 12.2 Å². The number of aliphatic hydroxyl groups is 2. The predicted octanol–water partition coefficient (Wildman–Crippen LogP) is 2.78. The van der Waals surface area contributed by atoms with E-state index in [1.54, 1.807) is 0 Å². The maximum absolute atomic E-state index is 11.1. The Kier molecular flexibility index (Phi) is 6.90. The van der Waals surface area contributed by atoms with Crippen LogP contribution >= 0.6 is 0 Å². The van der Waals surface area contributed by atoms with Gasteiger partial charge in [-0.1, -0.05) is 37.6 Å². The molecule has 5 heteroatoms. The largest absolute Gasteiger partial charge is 0.467 e. The topological polar surface area (TPSA) is 76.0 Å². The van der Waals surface area contributed by atoms with Gasteiger partial charge in [0.15, 0.2) is 0 Å². The first-order chi connectivity index (χ1) is 13.0. The Bertz CT molecular complexity index is 602. The molecule has 0 saturated heterocycles. The Morgan fingerprint density at radius 3 is 2.81 bits per heavy atom. The van der Waals surface area contributed by atoms with Crippen molar-refractivity contribution < 1.29 is 24.5 Å². The van der Waals surface area contributed by atoms with Gasteiger partial charge >= 0.3 is 5.97 Å². The number of hydrogen-bond donors (Lipinski definition) is 2. The van der Waals surface area contributed by atoms with Crippen LogP contribution in [0.2, 0.25) is 0 Å². The van der Waals surface area contributed by atoms with Gasteiger partial charge in [0, 0.05) is 5.92 Å². The van der Waals surface area contributed by atoms with Crippen molar-refractivity contribution in [2.75, 3.05) is 20.3 Å². The highest BCUT2D eigenvalue weighted by atomic mass is 16.6. The SMILES string of the molecule is C=C(COCC(=O)OC)C1=C[C@H]2[C@@H](C1)C[C@@H](O)[C@@H]2/C=C/[C@@H](O)C1CCCC1. The summed E-state index contributed by atoms with van der Waals surface area (Å²) in [6, 6.07) is 0. The Hall–Kier alpha value is -1.43. The first-order valence-corrected chi connectivity index (χ1v) is 10.1. The maximum atomic E-state index is 11.1. The van der Waals surface area contributed by atoms with E-state index in [0.29, 0.717) is 18.4 Å². The molecule has 0 aromatic heterocycles. The lowest BCUT2D eigenvalue weighted by Gasteiger charge is -2.18. The van der Waals surface area contributed by atoms with Crippen molar-refractivity contribution in [1.82, 2.24) is 0 Å². The van der Waals surface area contributed by atoms with Crippen LogP contribution < -0.4 is 0 Å². The minimum Gasteiger partial charge on any atom is -0.467 e. The Morgan fingerprint density at radius 1 is 1.37 bits per heavy atom. The van der Waals surface area contributed by atoms with Gasteiger partial charge in [-0.05, 0) is 54.6 Å². The van der Waals surface area contributed by atoms with E-state index in [-0.39, 0.29) is 24.5 Å². The van der Waals surface area contributed by atoms with Crippen LogP contribution in [-0.4, -0.2) is 48.7 Å². The standard InChI is InChI=1S/C22H32O5/c1-14(12-27-13-22(25)26-2)16-9-17-11-21(24)18(19(17)10-16)7-8-20(23)15-5-3-4-6-15/h7-8,10,15,17-21,23-24H,1,3-6,9,11-13H2,2H3/b8-7+/t17-,18+,19-,20+,21+/m0/s1. The number of rotatable bonds is 8. The molecule has 0 radical (unpaired) electrons. The molecule has 150 valence electrons. The highest BCUT2D eigenvalue weighted by molar-refractivity contribution is 5.70. The molecule has 0 aliphatic heterocycles. The summed E-state index contributed by atoms with van der Waals surface area (Å²) in [5.41, 5.74) is 2.05. The molecule has 0 spiro atoms. The molecule has 0 aromatic rings. The van der Waals surface area contributed by atoms with Gasteiger partial charge < -0.3 is 19.7 Å². The van der Waals surface area contributed by atoms with E-state index >= 15 is 0 Å². The number of hydrogen-bond acceptors (Lipinski definition) is 5. The fourth-order valence-electron chi connectivity index (χ4n) is 4.87. The summed E-state index contributed by atoms with van der Waals surface area (Å²) in [6.07, 6.45) is 11.7. The molecule has 3 aliphatic carbocycles. The quantitative estimate of drug-likeness (QED) is 0.503. The van der Waals surface area contributed by atoms with E-state index < -0.39 is 12.1 Å². The van der Waals surface area contributed by atoms with Crippen molar-refractivity contribution in [2.24, 2.45) is 23.7 Å². The van der Waals surface area contributed by atoms with E-state index in [2.05, 4.69) is 17.4 Å². The lowest BCUT2D eigenvalue weighted by molar-refractivity contribution is -0.145. The van der Waals surface area contributed by atoms with Crippen molar-refractivity contribution in [3.63, 3.8) is 0 Å². The van der Waals surface area contributed by atoms with Gasteiger partial charge in [0.1, 0.15) is 6.61 Å². The number of allylic oxidation sites excluding steroid dienone is 1. The lowest BCUT2D eigenvalue weighted by Crippen LogP contribution is -2.19. The Labute approximate surface area is 161 Å². The van der Waals surface area contributed by atoms with E-state index in [9.17, 15) is 15.0 Å². The van der Waals surface area contributed by atoms with Crippen LogP contribution in [0.25, 0.3) is 0 Å². The number of carbonyl (C=O) groups excluding carboxylic acids is 1. The maximum Gasteiger partial charge on any atom is 0.331 e. The van der Waals surface area contributed by atoms with Crippen molar-refractivity contribution in [1.29, 1.82) is 0 Å². The van der Waals surface area contributed by atoms with Crippen LogP contribution in [0.4, 0.5) is 0 Å². The second kappa shape index (κ2) is 9.18. The zero-order chi connectivity index (χ0) is 19.4. The van der Waals surface area contributed by atoms with Gasteiger partial charge in [0.25, 0.3) is 0 Å². The molecule has 3 rings (SSSR count). The molecule has 2 saturated carbocycles. The van der Waals surface area contributed by atoms with Crippen molar-refractivity contribution >= 4 is 5.97 Å². The van der Waals surface area contributed by atoms with Crippen LogP contribution in [0.1, 0.15) is 38.5 Å². The molecule has 2 N–H and O–H groups in total. The van der Waals surface area contributed by atoms with Gasteiger partial charge in [-0.25, -0.2) is 4.79 Å². The zero-order valence-corrected chi connectivity index (χ0v) is 16.2. The molecule has 2 fully saturated rings. The van der Waals surface area contributed by atoms with Crippen LogP contribution in [-0.2, 0) is 14.3 Å². The van der Waals surface area contributed by atoms with Crippen molar-refractivity contribution in [2.45, 2.75) is 50.7 Å². The Balaban J connectivity index is 1.56. The smallest absolute Gasteiger partial charge is 0.331 e. The highest BCUT2D eigenvalue weighted by Gasteiger charge is 2.43. The third kappa shape index (κ3) is 4.89. The summed E-state index contributed by atoms with van der Waals surface area (Å²) >= 11 is 0. The number of carbonyl (C=O) groups is 1. The zero-order valence-electron chi connectivity index (χ0n) is 16.2. The molecule has 5 nitrogen and oxygen atoms in total. The number of methoxy groups -OCH3 is 1. The van der Waals surface area contributed by atoms with Crippen LogP contribution in [0.5, 0.6) is 0 Å². The minimum atomic E-state index is -0.398. The molecular formula is C22H32O5. The van der Waals surface area contributed by atoms with Gasteiger partial charge in [-0.3, -0.25) is 0 Å². The third-order valence-corrected chi connectivity index (χ3v) is 6.44. The highest BCUT2D eigenvalue weighted by Crippen LogP contribution is 2.48. The molecule has 0 heterocycles. The fraction of sp³-hybridized carbons (Fsp3) is 0.682. The number of aliphatic hydroxyl groups excluding tert-OH is 2. The molecule has 27 heavy (non-hydrogen) atoms. The summed E-state index contributed by atoms with van der Waals surface area (Å²) in [7, 11) is 1.34. The average Bonchev–Trinajstić information content (AvgIpc) is 3.36. The molecule has 0 aromatic carbocycles. The molecule has 3 aliphatic rings. The number of fused-ring (bicyclic) bond motifs is 1. The van der Waals surface area contributed by atoms with E-state index in [0.717, 1.165) is 36.8 Å². The second-order valence-electron chi connectivity index (χ2n) is 8.21. The average molecular weight is 376 g/mol. The van der Waals surface area contributed by atoms with Crippen molar-refractivity contribution in [3.8, 4) is 0 Å². The molecule has 0 amide bonds. The third-order valence-electron chi connectivity index (χ3n) is 6.44. The van der Waals surface area contributed by atoms with Crippen LogP contribution in [0.15, 0.2) is 36.0 Å². The summed E-state index contributed by atoms with van der Waals surface area (Å²) in [5.74, 6) is 0.712. The van der Waals surface area contributed by atoms with E-state index in [4.69, 9.17) is 4.74 Å². The second-order valence-corrected chi connectivity index (χ2v) is 8.21. The van der Waals surface area contributed by atoms with Crippen molar-refractivity contribution in [3.05, 3.63) is 36.0 Å². The summed E-state index contributed by atoms with van der Waals surface area (Å²) in [5, 5.41) is 20.9. The van der Waals surface area contributed by atoms with Crippen LogP contribution in [0, 0.1) is 23.7 Å². The Morgan fingerprint density at radius 2 is 2.11 bits per heavy atom. The van der Waals surface area contributed by atoms with Gasteiger partial charge in [0.2, 0.25) is 0 Å².